The summed E-state index contributed by atoms with van der Waals surface area (Å²) in [5.41, 5.74) is 1.12. The molecule has 0 bridgehead atoms. The highest BCUT2D eigenvalue weighted by molar-refractivity contribution is 5.70. The van der Waals surface area contributed by atoms with E-state index >= 15 is 0 Å². The molecule has 1 N–H and O–H groups in total. The smallest absolute Gasteiger partial charge is 0.307 e. The van der Waals surface area contributed by atoms with E-state index in [1.807, 2.05) is 25.3 Å². The van der Waals surface area contributed by atoms with Crippen molar-refractivity contribution in [2.75, 3.05) is 6.61 Å². The molecule has 0 aliphatic carbocycles. The van der Waals surface area contributed by atoms with Crippen molar-refractivity contribution in [2.45, 2.75) is 39.8 Å². The lowest BCUT2D eigenvalue weighted by Gasteiger charge is -2.21. The van der Waals surface area contributed by atoms with Crippen LogP contribution in [0.25, 0.3) is 0 Å². The van der Waals surface area contributed by atoms with Gasteiger partial charge in [-0.3, -0.25) is 9.78 Å². The predicted molar refractivity (Wildman–Crippen MR) is 71.0 cm³/mol. The zero-order valence-corrected chi connectivity index (χ0v) is 11.3. The molecule has 0 aliphatic rings. The summed E-state index contributed by atoms with van der Waals surface area (Å²) in [6.07, 6.45) is 3.99. The second kappa shape index (κ2) is 7.82. The molecule has 1 aromatic rings. The Morgan fingerprint density at radius 2 is 2.28 bits per heavy atom. The molecule has 100 valence electrons. The third kappa shape index (κ3) is 5.27. The van der Waals surface area contributed by atoms with Gasteiger partial charge in [0.2, 0.25) is 0 Å². The highest BCUT2D eigenvalue weighted by atomic mass is 16.5. The first-order valence-electron chi connectivity index (χ1n) is 6.41. The zero-order chi connectivity index (χ0) is 13.4. The Bertz CT molecular complexity index is 352. The van der Waals surface area contributed by atoms with Crippen LogP contribution in [0, 0.1) is 5.92 Å². The molecule has 0 spiro atoms. The Morgan fingerprint density at radius 3 is 2.83 bits per heavy atom. The Kier molecular flexibility index (Phi) is 6.36. The molecule has 0 aromatic carbocycles. The summed E-state index contributed by atoms with van der Waals surface area (Å²) in [5, 5.41) is 3.38. The van der Waals surface area contributed by atoms with Crippen molar-refractivity contribution in [2.24, 2.45) is 5.92 Å². The van der Waals surface area contributed by atoms with E-state index in [2.05, 4.69) is 24.1 Å². The molecule has 4 nitrogen and oxygen atoms in total. The molecular formula is C14H22N2O2. The van der Waals surface area contributed by atoms with Gasteiger partial charge in [-0.05, 0) is 24.5 Å². The molecule has 0 radical (unpaired) electrons. The standard InChI is InChI=1S/C14H22N2O2/c1-4-18-14(17)8-13(11(2)3)16-10-12-6-5-7-15-9-12/h5-7,9,11,13,16H,4,8,10H2,1-3H3. The van der Waals surface area contributed by atoms with Crippen LogP contribution in [0.1, 0.15) is 32.8 Å². The zero-order valence-electron chi connectivity index (χ0n) is 11.3. The fourth-order valence-corrected chi connectivity index (χ4v) is 1.69. The van der Waals surface area contributed by atoms with Gasteiger partial charge in [-0.25, -0.2) is 0 Å². The van der Waals surface area contributed by atoms with E-state index in [1.165, 1.54) is 0 Å². The number of pyridine rings is 1. The van der Waals surface area contributed by atoms with Gasteiger partial charge in [0.15, 0.2) is 0 Å². The number of rotatable bonds is 7. The van der Waals surface area contributed by atoms with Gasteiger partial charge in [-0.15, -0.1) is 0 Å². The normalized spacial score (nSPS) is 12.4. The largest absolute Gasteiger partial charge is 0.466 e. The van der Waals surface area contributed by atoms with Crippen molar-refractivity contribution in [3.8, 4) is 0 Å². The summed E-state index contributed by atoms with van der Waals surface area (Å²) in [7, 11) is 0. The van der Waals surface area contributed by atoms with Crippen LogP contribution in [0.15, 0.2) is 24.5 Å². The molecule has 0 saturated carbocycles. The summed E-state index contributed by atoms with van der Waals surface area (Å²) in [6.45, 7) is 7.17. The minimum Gasteiger partial charge on any atom is -0.466 e. The number of nitrogens with zero attached hydrogens (tertiary/aromatic N) is 1. The minimum absolute atomic E-state index is 0.129. The fraction of sp³-hybridized carbons (Fsp3) is 0.571. The van der Waals surface area contributed by atoms with Crippen molar-refractivity contribution in [3.63, 3.8) is 0 Å². The number of nitrogens with one attached hydrogen (secondary N) is 1. The Hall–Kier alpha value is -1.42. The molecule has 0 fully saturated rings. The Morgan fingerprint density at radius 1 is 1.50 bits per heavy atom. The highest BCUT2D eigenvalue weighted by Gasteiger charge is 2.17. The maximum atomic E-state index is 11.5. The fourth-order valence-electron chi connectivity index (χ4n) is 1.69. The van der Waals surface area contributed by atoms with Gasteiger partial charge in [-0.2, -0.15) is 0 Å². The molecule has 1 aromatic heterocycles. The van der Waals surface area contributed by atoms with Crippen molar-refractivity contribution in [3.05, 3.63) is 30.1 Å². The molecule has 0 amide bonds. The summed E-state index contributed by atoms with van der Waals surface area (Å²) in [4.78, 5) is 15.6. The molecule has 0 saturated heterocycles. The summed E-state index contributed by atoms with van der Waals surface area (Å²) in [5.74, 6) is 0.237. The molecule has 1 atom stereocenters. The summed E-state index contributed by atoms with van der Waals surface area (Å²) >= 11 is 0. The summed E-state index contributed by atoms with van der Waals surface area (Å²) < 4.78 is 4.98. The van der Waals surface area contributed by atoms with Crippen molar-refractivity contribution in [1.82, 2.24) is 10.3 Å². The third-order valence-electron chi connectivity index (χ3n) is 2.79. The minimum atomic E-state index is -0.144. The first kappa shape index (κ1) is 14.6. The molecular weight excluding hydrogens is 228 g/mol. The number of carbonyl (C=O) groups is 1. The number of hydrogen-bond acceptors (Lipinski definition) is 4. The van der Waals surface area contributed by atoms with Crippen LogP contribution >= 0.6 is 0 Å². The maximum Gasteiger partial charge on any atom is 0.307 e. The Labute approximate surface area is 109 Å². The van der Waals surface area contributed by atoms with Crippen LogP contribution in [0.5, 0.6) is 0 Å². The maximum absolute atomic E-state index is 11.5. The number of hydrogen-bond donors (Lipinski definition) is 1. The molecule has 1 heterocycles. The van der Waals surface area contributed by atoms with Crippen molar-refractivity contribution >= 4 is 5.97 Å². The van der Waals surface area contributed by atoms with Crippen LogP contribution < -0.4 is 5.32 Å². The lowest BCUT2D eigenvalue weighted by molar-refractivity contribution is -0.144. The second-order valence-electron chi connectivity index (χ2n) is 4.60. The lowest BCUT2D eigenvalue weighted by atomic mass is 10.0. The van der Waals surface area contributed by atoms with Gasteiger partial charge >= 0.3 is 5.97 Å². The number of carbonyl (C=O) groups excluding carboxylic acids is 1. The van der Waals surface area contributed by atoms with E-state index in [4.69, 9.17) is 4.74 Å². The third-order valence-corrected chi connectivity index (χ3v) is 2.79. The number of esters is 1. The summed E-state index contributed by atoms with van der Waals surface area (Å²) in [6, 6.07) is 4.05. The van der Waals surface area contributed by atoms with E-state index in [0.29, 0.717) is 18.9 Å². The number of ether oxygens (including phenoxy) is 1. The van der Waals surface area contributed by atoms with E-state index < -0.39 is 0 Å². The van der Waals surface area contributed by atoms with Gasteiger partial charge in [-0.1, -0.05) is 19.9 Å². The van der Waals surface area contributed by atoms with Crippen LogP contribution in [-0.2, 0) is 16.1 Å². The van der Waals surface area contributed by atoms with Gasteiger partial charge in [0.1, 0.15) is 0 Å². The van der Waals surface area contributed by atoms with Gasteiger partial charge in [0.05, 0.1) is 13.0 Å². The number of aromatic nitrogens is 1. The van der Waals surface area contributed by atoms with Gasteiger partial charge in [0.25, 0.3) is 0 Å². The molecule has 18 heavy (non-hydrogen) atoms. The van der Waals surface area contributed by atoms with Crippen molar-refractivity contribution in [1.29, 1.82) is 0 Å². The van der Waals surface area contributed by atoms with Gasteiger partial charge in [0, 0.05) is 25.0 Å². The molecule has 4 heteroatoms. The van der Waals surface area contributed by atoms with Crippen LogP contribution in [-0.4, -0.2) is 23.6 Å². The van der Waals surface area contributed by atoms with Crippen LogP contribution in [0.4, 0.5) is 0 Å². The van der Waals surface area contributed by atoms with Gasteiger partial charge < -0.3 is 10.1 Å². The SMILES string of the molecule is CCOC(=O)CC(NCc1cccnc1)C(C)C. The monoisotopic (exact) mass is 250 g/mol. The first-order chi connectivity index (χ1) is 8.63. The second-order valence-corrected chi connectivity index (χ2v) is 4.60. The molecule has 1 rings (SSSR count). The lowest BCUT2D eigenvalue weighted by Crippen LogP contribution is -2.36. The quantitative estimate of drug-likeness (QED) is 0.753. The predicted octanol–water partition coefficient (Wildman–Crippen LogP) is 2.15. The Balaban J connectivity index is 2.46. The van der Waals surface area contributed by atoms with E-state index in [1.54, 1.807) is 6.20 Å². The van der Waals surface area contributed by atoms with Crippen LogP contribution in [0.3, 0.4) is 0 Å². The average molecular weight is 250 g/mol. The first-order valence-corrected chi connectivity index (χ1v) is 6.41. The molecule has 0 aliphatic heterocycles. The van der Waals surface area contributed by atoms with E-state index in [9.17, 15) is 4.79 Å². The highest BCUT2D eigenvalue weighted by Crippen LogP contribution is 2.08. The van der Waals surface area contributed by atoms with E-state index in [0.717, 1.165) is 12.1 Å². The van der Waals surface area contributed by atoms with E-state index in [-0.39, 0.29) is 12.0 Å². The molecule has 1 unspecified atom stereocenters. The topological polar surface area (TPSA) is 51.2 Å². The van der Waals surface area contributed by atoms with Crippen LogP contribution in [0.2, 0.25) is 0 Å². The average Bonchev–Trinajstić information content (AvgIpc) is 2.35. The van der Waals surface area contributed by atoms with Crippen molar-refractivity contribution < 1.29 is 9.53 Å².